The fourth-order valence-corrected chi connectivity index (χ4v) is 1.51. The van der Waals surface area contributed by atoms with E-state index in [1.807, 2.05) is 30.4 Å². The molecule has 0 spiro atoms. The van der Waals surface area contributed by atoms with Crippen molar-refractivity contribution >= 4 is 11.6 Å². The van der Waals surface area contributed by atoms with Gasteiger partial charge in [-0.3, -0.25) is 0 Å². The lowest BCUT2D eigenvalue weighted by atomic mass is 9.94. The Labute approximate surface area is 106 Å². The molecule has 0 bridgehead atoms. The number of carbonyl (C=O) groups excluding carboxylic acids is 1. The summed E-state index contributed by atoms with van der Waals surface area (Å²) in [5.41, 5.74) is 21.8. The van der Waals surface area contributed by atoms with Gasteiger partial charge in [0.25, 0.3) is 0 Å². The van der Waals surface area contributed by atoms with E-state index in [2.05, 4.69) is 29.7 Å². The number of urea groups is 1. The highest BCUT2D eigenvalue weighted by atomic mass is 16.2. The number of hydrogen-bond donors (Lipinski definition) is 4. The Bertz CT molecular complexity index is 459. The third kappa shape index (κ3) is 4.82. The quantitative estimate of drug-likeness (QED) is 0.545. The molecule has 0 saturated heterocycles. The van der Waals surface area contributed by atoms with E-state index < -0.39 is 11.7 Å². The second-order valence-electron chi connectivity index (χ2n) is 4.08. The second kappa shape index (κ2) is 6.00. The zero-order valence-corrected chi connectivity index (χ0v) is 10.0. The lowest BCUT2D eigenvalue weighted by Crippen LogP contribution is -2.47. The van der Waals surface area contributed by atoms with Gasteiger partial charge in [-0.1, -0.05) is 42.5 Å². The van der Waals surface area contributed by atoms with E-state index in [9.17, 15) is 0 Å². The maximum absolute atomic E-state index is 9.00. The average molecular weight is 246 g/mol. The molecule has 0 atom stereocenters. The van der Waals surface area contributed by atoms with Crippen molar-refractivity contribution in [2.24, 2.45) is 22.9 Å². The molecule has 0 aromatic heterocycles. The van der Waals surface area contributed by atoms with E-state index in [0.717, 1.165) is 0 Å². The number of primary amides is 2. The molecule has 1 aromatic carbocycles. The van der Waals surface area contributed by atoms with Gasteiger partial charge in [0.15, 0.2) is 0 Å². The summed E-state index contributed by atoms with van der Waals surface area (Å²) >= 11 is 0. The van der Waals surface area contributed by atoms with E-state index in [1.165, 1.54) is 11.1 Å². The standard InChI is InChI=1S/C12H14N2.CH4N2O/c13-12(14)8-6-11(7-9-12)10-4-2-1-3-5-10;2-1(3)4/h1-8H,9,13-14H2;(H4,2,3,4). The van der Waals surface area contributed by atoms with Crippen LogP contribution in [0.3, 0.4) is 0 Å². The summed E-state index contributed by atoms with van der Waals surface area (Å²) in [7, 11) is 0. The Morgan fingerprint density at radius 1 is 1.11 bits per heavy atom. The number of hydrogen-bond acceptors (Lipinski definition) is 3. The summed E-state index contributed by atoms with van der Waals surface area (Å²) in [5.74, 6) is 0. The molecule has 1 aliphatic carbocycles. The van der Waals surface area contributed by atoms with Crippen LogP contribution in [0.1, 0.15) is 12.0 Å². The minimum atomic E-state index is -0.833. The molecule has 1 aliphatic rings. The van der Waals surface area contributed by atoms with Crippen LogP contribution in [0.15, 0.2) is 48.6 Å². The van der Waals surface area contributed by atoms with E-state index >= 15 is 0 Å². The van der Waals surface area contributed by atoms with Gasteiger partial charge in [0.1, 0.15) is 0 Å². The third-order valence-corrected chi connectivity index (χ3v) is 2.36. The molecule has 0 saturated carbocycles. The van der Waals surface area contributed by atoms with Crippen LogP contribution in [0, 0.1) is 0 Å². The van der Waals surface area contributed by atoms with Gasteiger partial charge in [-0.2, -0.15) is 0 Å². The fourth-order valence-electron chi connectivity index (χ4n) is 1.51. The van der Waals surface area contributed by atoms with E-state index in [4.69, 9.17) is 16.3 Å². The number of allylic oxidation sites excluding steroid dienone is 2. The van der Waals surface area contributed by atoms with Crippen LogP contribution in [0.4, 0.5) is 4.79 Å². The van der Waals surface area contributed by atoms with Crippen molar-refractivity contribution in [2.45, 2.75) is 12.1 Å². The summed E-state index contributed by atoms with van der Waals surface area (Å²) in [5, 5.41) is 0. The fraction of sp³-hybridized carbons (Fsp3) is 0.154. The molecular weight excluding hydrogens is 228 g/mol. The highest BCUT2D eigenvalue weighted by Gasteiger charge is 2.16. The molecule has 0 unspecified atom stereocenters. The van der Waals surface area contributed by atoms with Crippen LogP contribution in [-0.4, -0.2) is 11.7 Å². The van der Waals surface area contributed by atoms with Crippen molar-refractivity contribution in [1.82, 2.24) is 0 Å². The van der Waals surface area contributed by atoms with Crippen LogP contribution >= 0.6 is 0 Å². The zero-order valence-electron chi connectivity index (χ0n) is 10.0. The summed E-state index contributed by atoms with van der Waals surface area (Å²) in [6.45, 7) is 0. The lowest BCUT2D eigenvalue weighted by molar-refractivity contribution is 0.256. The molecule has 5 nitrogen and oxygen atoms in total. The van der Waals surface area contributed by atoms with Gasteiger partial charge in [-0.25, -0.2) is 4.79 Å². The predicted molar refractivity (Wildman–Crippen MR) is 73.1 cm³/mol. The summed E-state index contributed by atoms with van der Waals surface area (Å²) in [6, 6.07) is 9.38. The predicted octanol–water partition coefficient (Wildman–Crippen LogP) is 0.667. The first-order valence-electron chi connectivity index (χ1n) is 5.48. The van der Waals surface area contributed by atoms with Crippen molar-refractivity contribution in [3.8, 4) is 0 Å². The van der Waals surface area contributed by atoms with Gasteiger partial charge in [-0.05, 0) is 17.2 Å². The van der Waals surface area contributed by atoms with Crippen molar-refractivity contribution in [2.75, 3.05) is 0 Å². The van der Waals surface area contributed by atoms with E-state index in [-0.39, 0.29) is 0 Å². The minimum Gasteiger partial charge on any atom is -0.352 e. The van der Waals surface area contributed by atoms with Gasteiger partial charge in [-0.15, -0.1) is 0 Å². The number of amides is 2. The first kappa shape index (κ1) is 14.0. The first-order chi connectivity index (χ1) is 8.41. The average Bonchev–Trinajstić information content (AvgIpc) is 2.29. The molecule has 0 heterocycles. The van der Waals surface area contributed by atoms with E-state index in [1.54, 1.807) is 0 Å². The van der Waals surface area contributed by atoms with Crippen LogP contribution in [0.2, 0.25) is 0 Å². The molecule has 18 heavy (non-hydrogen) atoms. The van der Waals surface area contributed by atoms with Gasteiger partial charge < -0.3 is 22.9 Å². The van der Waals surface area contributed by atoms with Crippen molar-refractivity contribution in [1.29, 1.82) is 0 Å². The summed E-state index contributed by atoms with van der Waals surface area (Å²) < 4.78 is 0. The number of nitrogens with two attached hydrogens (primary N) is 4. The Balaban J connectivity index is 0.000000357. The van der Waals surface area contributed by atoms with E-state index in [0.29, 0.717) is 6.42 Å². The Hall–Kier alpha value is -2.11. The summed E-state index contributed by atoms with van der Waals surface area (Å²) in [6.07, 6.45) is 6.61. The molecule has 8 N–H and O–H groups in total. The molecule has 0 aliphatic heterocycles. The molecular formula is C13H18N4O. The normalized spacial score (nSPS) is 16.2. The van der Waals surface area contributed by atoms with Gasteiger partial charge in [0.05, 0.1) is 5.66 Å². The largest absolute Gasteiger partial charge is 0.352 e. The smallest absolute Gasteiger partial charge is 0.309 e. The van der Waals surface area contributed by atoms with Crippen LogP contribution in [-0.2, 0) is 0 Å². The van der Waals surface area contributed by atoms with Crippen molar-refractivity contribution in [3.63, 3.8) is 0 Å². The van der Waals surface area contributed by atoms with Gasteiger partial charge in [0, 0.05) is 6.42 Å². The van der Waals surface area contributed by atoms with Gasteiger partial charge in [0.2, 0.25) is 0 Å². The topological polar surface area (TPSA) is 121 Å². The summed E-state index contributed by atoms with van der Waals surface area (Å²) in [4.78, 5) is 9.00. The lowest BCUT2D eigenvalue weighted by Gasteiger charge is -2.22. The number of carbonyl (C=O) groups is 1. The Morgan fingerprint density at radius 3 is 2.11 bits per heavy atom. The molecule has 2 amide bonds. The third-order valence-electron chi connectivity index (χ3n) is 2.36. The number of rotatable bonds is 1. The maximum Gasteiger partial charge on any atom is 0.309 e. The second-order valence-corrected chi connectivity index (χ2v) is 4.08. The van der Waals surface area contributed by atoms with Crippen LogP contribution < -0.4 is 22.9 Å². The van der Waals surface area contributed by atoms with Gasteiger partial charge >= 0.3 is 6.03 Å². The Kier molecular flexibility index (Phi) is 4.65. The monoisotopic (exact) mass is 246 g/mol. The zero-order chi connectivity index (χ0) is 13.6. The molecule has 0 radical (unpaired) electrons. The number of benzene rings is 1. The van der Waals surface area contributed by atoms with Crippen LogP contribution in [0.25, 0.3) is 5.57 Å². The SMILES string of the molecule is NC(N)=O.NC1(N)C=CC(c2ccccc2)=CC1. The Morgan fingerprint density at radius 2 is 1.67 bits per heavy atom. The maximum atomic E-state index is 9.00. The van der Waals surface area contributed by atoms with Crippen molar-refractivity contribution in [3.05, 3.63) is 54.1 Å². The first-order valence-corrected chi connectivity index (χ1v) is 5.48. The van der Waals surface area contributed by atoms with Crippen molar-refractivity contribution < 1.29 is 4.79 Å². The van der Waals surface area contributed by atoms with Crippen LogP contribution in [0.5, 0.6) is 0 Å². The highest BCUT2D eigenvalue weighted by Crippen LogP contribution is 2.22. The molecule has 0 fully saturated rings. The molecule has 5 heteroatoms. The molecule has 2 rings (SSSR count). The molecule has 96 valence electrons. The molecule has 1 aromatic rings. The highest BCUT2D eigenvalue weighted by molar-refractivity contribution is 5.75. The minimum absolute atomic E-state index is 0.668.